The third-order valence-electron chi connectivity index (χ3n) is 3.65. The number of carbonyl (C=O) groups is 1. The number of thioether (sulfide) groups is 1. The Kier molecular flexibility index (Phi) is 5.54. The molecule has 0 bridgehead atoms. The lowest BCUT2D eigenvalue weighted by Gasteiger charge is -2.09. The fourth-order valence-electron chi connectivity index (χ4n) is 2.54. The quantitative estimate of drug-likeness (QED) is 0.479. The Morgan fingerprint density at radius 3 is 2.67 bits per heavy atom. The van der Waals surface area contributed by atoms with Crippen LogP contribution in [-0.2, 0) is 16.1 Å². The second-order valence-corrected chi connectivity index (χ2v) is 6.42. The summed E-state index contributed by atoms with van der Waals surface area (Å²) in [5.41, 5.74) is 3.32. The van der Waals surface area contributed by atoms with E-state index in [9.17, 15) is 4.79 Å². The average molecular weight is 340 g/mol. The van der Waals surface area contributed by atoms with Gasteiger partial charge in [0.15, 0.2) is 5.16 Å². The van der Waals surface area contributed by atoms with Crippen molar-refractivity contribution in [3.63, 3.8) is 0 Å². The van der Waals surface area contributed by atoms with Crippen molar-refractivity contribution in [2.75, 3.05) is 12.4 Å². The summed E-state index contributed by atoms with van der Waals surface area (Å²) in [7, 11) is 0. The maximum absolute atomic E-state index is 11.5. The zero-order valence-electron chi connectivity index (χ0n) is 13.6. The summed E-state index contributed by atoms with van der Waals surface area (Å²) >= 11 is 1.60. The van der Waals surface area contributed by atoms with Gasteiger partial charge in [-0.15, -0.1) is 0 Å². The van der Waals surface area contributed by atoms with E-state index in [-0.39, 0.29) is 5.97 Å². The summed E-state index contributed by atoms with van der Waals surface area (Å²) in [6.07, 6.45) is 0.396. The number of aromatic nitrogens is 2. The van der Waals surface area contributed by atoms with Crippen LogP contribution in [0.25, 0.3) is 11.0 Å². The van der Waals surface area contributed by atoms with Crippen molar-refractivity contribution in [1.82, 2.24) is 9.55 Å². The first kappa shape index (κ1) is 16.6. The van der Waals surface area contributed by atoms with Gasteiger partial charge in [0.2, 0.25) is 0 Å². The molecule has 0 amide bonds. The molecule has 0 radical (unpaired) electrons. The zero-order valence-corrected chi connectivity index (χ0v) is 14.5. The maximum atomic E-state index is 11.5. The summed E-state index contributed by atoms with van der Waals surface area (Å²) < 4.78 is 7.19. The molecule has 0 aliphatic heterocycles. The molecule has 0 N–H and O–H groups in total. The number of hydrogen-bond donors (Lipinski definition) is 0. The molecule has 0 aliphatic carbocycles. The van der Waals surface area contributed by atoms with Crippen LogP contribution in [0.15, 0.2) is 59.8 Å². The van der Waals surface area contributed by atoms with E-state index in [2.05, 4.69) is 22.8 Å². The van der Waals surface area contributed by atoms with Crippen molar-refractivity contribution in [3.05, 3.63) is 60.2 Å². The molecule has 0 aliphatic rings. The second kappa shape index (κ2) is 8.02. The molecule has 0 fully saturated rings. The lowest BCUT2D eigenvalue weighted by Crippen LogP contribution is -2.06. The smallest absolute Gasteiger partial charge is 0.306 e. The number of hydrogen-bond acceptors (Lipinski definition) is 4. The van der Waals surface area contributed by atoms with E-state index in [1.165, 1.54) is 5.56 Å². The minimum Gasteiger partial charge on any atom is -0.466 e. The molecule has 2 aromatic carbocycles. The minimum absolute atomic E-state index is 0.157. The predicted molar refractivity (Wildman–Crippen MR) is 97.3 cm³/mol. The van der Waals surface area contributed by atoms with Crippen molar-refractivity contribution < 1.29 is 9.53 Å². The Labute approximate surface area is 145 Å². The summed E-state index contributed by atoms with van der Waals surface area (Å²) in [5.74, 6) is 0.507. The first-order chi connectivity index (χ1) is 11.8. The highest BCUT2D eigenvalue weighted by molar-refractivity contribution is 7.99. The Hall–Kier alpha value is -2.27. The minimum atomic E-state index is -0.157. The highest BCUT2D eigenvalue weighted by Crippen LogP contribution is 2.25. The van der Waals surface area contributed by atoms with E-state index in [0.29, 0.717) is 18.8 Å². The van der Waals surface area contributed by atoms with Crippen LogP contribution in [0.1, 0.15) is 18.9 Å². The number of nitrogens with zero attached hydrogens (tertiary/aromatic N) is 2. The summed E-state index contributed by atoms with van der Waals surface area (Å²) in [6, 6.07) is 18.5. The zero-order chi connectivity index (χ0) is 16.8. The number of fused-ring (bicyclic) bond motifs is 1. The number of para-hydroxylation sites is 2. The molecule has 0 spiro atoms. The molecular formula is C19H20N2O2S. The molecule has 124 valence electrons. The van der Waals surface area contributed by atoms with Gasteiger partial charge in [-0.05, 0) is 24.6 Å². The van der Waals surface area contributed by atoms with Crippen molar-refractivity contribution >= 4 is 28.8 Å². The molecule has 1 heterocycles. The number of ether oxygens (including phenoxy) is 1. The first-order valence-corrected chi connectivity index (χ1v) is 9.04. The Bertz CT molecular complexity index is 815. The van der Waals surface area contributed by atoms with Gasteiger partial charge in [-0.25, -0.2) is 4.98 Å². The van der Waals surface area contributed by atoms with Crippen molar-refractivity contribution in [2.24, 2.45) is 0 Å². The topological polar surface area (TPSA) is 44.1 Å². The molecule has 1 aromatic heterocycles. The van der Waals surface area contributed by atoms with Crippen LogP contribution in [0.2, 0.25) is 0 Å². The van der Waals surface area contributed by atoms with Crippen molar-refractivity contribution in [3.8, 4) is 0 Å². The van der Waals surface area contributed by atoms with Crippen LogP contribution in [-0.4, -0.2) is 27.9 Å². The van der Waals surface area contributed by atoms with Gasteiger partial charge >= 0.3 is 5.97 Å². The van der Waals surface area contributed by atoms with E-state index < -0.39 is 0 Å². The molecular weight excluding hydrogens is 320 g/mol. The van der Waals surface area contributed by atoms with Gasteiger partial charge in [0.25, 0.3) is 0 Å². The standard InChI is InChI=1S/C19H20N2O2S/c1-2-23-18(22)12-13-24-19-20-16-10-6-7-11-17(16)21(19)14-15-8-4-3-5-9-15/h3-11H,2,12-14H2,1H3. The SMILES string of the molecule is CCOC(=O)CCSc1nc2ccccc2n1Cc1ccccc1. The summed E-state index contributed by atoms with van der Waals surface area (Å²) in [4.78, 5) is 16.2. The van der Waals surface area contributed by atoms with Gasteiger partial charge < -0.3 is 9.30 Å². The van der Waals surface area contributed by atoms with Gasteiger partial charge in [0.1, 0.15) is 0 Å². The lowest BCUT2D eigenvalue weighted by atomic mass is 10.2. The van der Waals surface area contributed by atoms with Crippen molar-refractivity contribution in [2.45, 2.75) is 25.0 Å². The number of rotatable bonds is 7. The second-order valence-electron chi connectivity index (χ2n) is 5.36. The molecule has 0 saturated heterocycles. The largest absolute Gasteiger partial charge is 0.466 e. The molecule has 0 atom stereocenters. The van der Waals surface area contributed by atoms with E-state index in [4.69, 9.17) is 9.72 Å². The highest BCUT2D eigenvalue weighted by Gasteiger charge is 2.12. The fraction of sp³-hybridized carbons (Fsp3) is 0.263. The van der Waals surface area contributed by atoms with Gasteiger partial charge in [-0.2, -0.15) is 0 Å². The summed E-state index contributed by atoms with van der Waals surface area (Å²) in [6.45, 7) is 3.02. The van der Waals surface area contributed by atoms with Gasteiger partial charge in [-0.3, -0.25) is 4.79 Å². The van der Waals surface area contributed by atoms with Crippen LogP contribution in [0, 0.1) is 0 Å². The van der Waals surface area contributed by atoms with Crippen molar-refractivity contribution in [1.29, 1.82) is 0 Å². The number of imidazole rings is 1. The Morgan fingerprint density at radius 1 is 1.12 bits per heavy atom. The Balaban J connectivity index is 1.81. The molecule has 0 unspecified atom stereocenters. The van der Waals surface area contributed by atoms with E-state index in [0.717, 1.165) is 22.7 Å². The van der Waals surface area contributed by atoms with Gasteiger partial charge in [0, 0.05) is 5.75 Å². The van der Waals surface area contributed by atoms with E-state index >= 15 is 0 Å². The fourth-order valence-corrected chi connectivity index (χ4v) is 3.47. The molecule has 3 rings (SSSR count). The summed E-state index contributed by atoms with van der Waals surface area (Å²) in [5, 5.41) is 0.935. The average Bonchev–Trinajstić information content (AvgIpc) is 2.94. The molecule has 5 heteroatoms. The van der Waals surface area contributed by atoms with E-state index in [1.54, 1.807) is 11.8 Å². The van der Waals surface area contributed by atoms with E-state index in [1.807, 2.05) is 43.3 Å². The van der Waals surface area contributed by atoms with Crippen LogP contribution in [0.5, 0.6) is 0 Å². The predicted octanol–water partition coefficient (Wildman–Crippen LogP) is 4.13. The lowest BCUT2D eigenvalue weighted by molar-refractivity contribution is -0.142. The molecule has 0 saturated carbocycles. The van der Waals surface area contributed by atoms with Gasteiger partial charge in [0.05, 0.1) is 30.6 Å². The molecule has 24 heavy (non-hydrogen) atoms. The third-order valence-corrected chi connectivity index (χ3v) is 4.62. The number of carbonyl (C=O) groups excluding carboxylic acids is 1. The molecule has 4 nitrogen and oxygen atoms in total. The number of esters is 1. The maximum Gasteiger partial charge on any atom is 0.306 e. The third kappa shape index (κ3) is 3.97. The highest BCUT2D eigenvalue weighted by atomic mass is 32.2. The van der Waals surface area contributed by atoms with Crippen LogP contribution in [0.4, 0.5) is 0 Å². The van der Waals surface area contributed by atoms with Crippen LogP contribution >= 0.6 is 11.8 Å². The monoisotopic (exact) mass is 340 g/mol. The Morgan fingerprint density at radius 2 is 1.88 bits per heavy atom. The normalized spacial score (nSPS) is 10.9. The van der Waals surface area contributed by atoms with Gasteiger partial charge in [-0.1, -0.05) is 54.2 Å². The van der Waals surface area contributed by atoms with Crippen LogP contribution < -0.4 is 0 Å². The molecule has 3 aromatic rings. The number of benzene rings is 2. The van der Waals surface area contributed by atoms with Crippen LogP contribution in [0.3, 0.4) is 0 Å². The first-order valence-electron chi connectivity index (χ1n) is 8.05.